The first-order valence-electron chi connectivity index (χ1n) is 8.68. The SMILES string of the molecule is Cc1nc(COc2cccc(/C=C/C(=O)Nc3ccc4c(c3)OCO4)c2)cs1. The number of nitrogens with zero attached hydrogens (tertiary/aromatic N) is 1. The van der Waals surface area contributed by atoms with Gasteiger partial charge in [0.2, 0.25) is 12.7 Å². The molecule has 2 aromatic carbocycles. The van der Waals surface area contributed by atoms with Gasteiger partial charge in [0, 0.05) is 23.2 Å². The van der Waals surface area contributed by atoms with Gasteiger partial charge in [0.1, 0.15) is 12.4 Å². The topological polar surface area (TPSA) is 69.7 Å². The number of carbonyl (C=O) groups is 1. The highest BCUT2D eigenvalue weighted by molar-refractivity contribution is 7.09. The van der Waals surface area contributed by atoms with Crippen molar-refractivity contribution in [3.63, 3.8) is 0 Å². The second-order valence-electron chi connectivity index (χ2n) is 6.11. The molecule has 142 valence electrons. The quantitative estimate of drug-likeness (QED) is 0.627. The Morgan fingerprint density at radius 1 is 1.25 bits per heavy atom. The summed E-state index contributed by atoms with van der Waals surface area (Å²) in [7, 11) is 0. The summed E-state index contributed by atoms with van der Waals surface area (Å²) < 4.78 is 16.3. The highest BCUT2D eigenvalue weighted by Gasteiger charge is 2.13. The minimum absolute atomic E-state index is 0.202. The maximum absolute atomic E-state index is 12.2. The van der Waals surface area contributed by atoms with Crippen LogP contribution in [0.25, 0.3) is 6.08 Å². The van der Waals surface area contributed by atoms with Gasteiger partial charge in [-0.15, -0.1) is 11.3 Å². The van der Waals surface area contributed by atoms with E-state index in [0.29, 0.717) is 23.8 Å². The van der Waals surface area contributed by atoms with E-state index >= 15 is 0 Å². The maximum Gasteiger partial charge on any atom is 0.248 e. The predicted molar refractivity (Wildman–Crippen MR) is 108 cm³/mol. The third-order valence-corrected chi connectivity index (χ3v) is 4.80. The van der Waals surface area contributed by atoms with Crippen LogP contribution in [0.15, 0.2) is 53.9 Å². The first kappa shape index (κ1) is 18.1. The van der Waals surface area contributed by atoms with Gasteiger partial charge in [-0.05, 0) is 42.8 Å². The molecule has 28 heavy (non-hydrogen) atoms. The Balaban J connectivity index is 1.35. The summed E-state index contributed by atoms with van der Waals surface area (Å²) in [6, 6.07) is 12.8. The van der Waals surface area contributed by atoms with Gasteiger partial charge in [0.15, 0.2) is 11.5 Å². The summed E-state index contributed by atoms with van der Waals surface area (Å²) in [6.07, 6.45) is 3.22. The average molecular weight is 394 g/mol. The fourth-order valence-electron chi connectivity index (χ4n) is 2.67. The number of thiazole rings is 1. The Morgan fingerprint density at radius 3 is 3.00 bits per heavy atom. The van der Waals surface area contributed by atoms with E-state index in [1.165, 1.54) is 6.08 Å². The van der Waals surface area contributed by atoms with Crippen LogP contribution < -0.4 is 19.5 Å². The van der Waals surface area contributed by atoms with Crippen LogP contribution >= 0.6 is 11.3 Å². The molecule has 2 heterocycles. The van der Waals surface area contributed by atoms with Crippen molar-refractivity contribution in [3.05, 3.63) is 70.2 Å². The lowest BCUT2D eigenvalue weighted by molar-refractivity contribution is -0.111. The lowest BCUT2D eigenvalue weighted by Crippen LogP contribution is -2.07. The second kappa shape index (κ2) is 8.14. The van der Waals surface area contributed by atoms with E-state index in [4.69, 9.17) is 14.2 Å². The van der Waals surface area contributed by atoms with Crippen molar-refractivity contribution in [3.8, 4) is 17.2 Å². The minimum Gasteiger partial charge on any atom is -0.487 e. The van der Waals surface area contributed by atoms with E-state index < -0.39 is 0 Å². The van der Waals surface area contributed by atoms with Crippen LogP contribution in [0.5, 0.6) is 17.2 Å². The van der Waals surface area contributed by atoms with Crippen LogP contribution in [0.1, 0.15) is 16.3 Å². The fourth-order valence-corrected chi connectivity index (χ4v) is 3.27. The average Bonchev–Trinajstić information content (AvgIpc) is 3.33. The molecule has 0 saturated carbocycles. The van der Waals surface area contributed by atoms with Crippen molar-refractivity contribution in [1.82, 2.24) is 4.98 Å². The number of nitrogens with one attached hydrogen (secondary N) is 1. The van der Waals surface area contributed by atoms with Crippen molar-refractivity contribution in [1.29, 1.82) is 0 Å². The molecule has 0 spiro atoms. The number of aromatic nitrogens is 1. The zero-order valence-electron chi connectivity index (χ0n) is 15.2. The standard InChI is InChI=1S/C21H18N2O4S/c1-14-22-17(12-28-14)11-25-18-4-2-3-15(9-18)5-8-21(24)23-16-6-7-19-20(10-16)27-13-26-19/h2-10,12H,11,13H2,1H3,(H,23,24)/b8-5+. The molecule has 6 nitrogen and oxygen atoms in total. The van der Waals surface area contributed by atoms with Gasteiger partial charge >= 0.3 is 0 Å². The molecule has 0 unspecified atom stereocenters. The Labute approximate surface area is 166 Å². The van der Waals surface area contributed by atoms with Crippen LogP contribution in [0.3, 0.4) is 0 Å². The molecule has 1 aliphatic rings. The molecule has 1 aromatic heterocycles. The molecular formula is C21H18N2O4S. The highest BCUT2D eigenvalue weighted by Crippen LogP contribution is 2.34. The van der Waals surface area contributed by atoms with Crippen molar-refractivity contribution in [2.75, 3.05) is 12.1 Å². The molecule has 0 fully saturated rings. The smallest absolute Gasteiger partial charge is 0.248 e. The van der Waals surface area contributed by atoms with Crippen LogP contribution in [-0.4, -0.2) is 17.7 Å². The van der Waals surface area contributed by atoms with Gasteiger partial charge in [-0.2, -0.15) is 0 Å². The number of anilines is 1. The summed E-state index contributed by atoms with van der Waals surface area (Å²) in [6.45, 7) is 2.59. The summed E-state index contributed by atoms with van der Waals surface area (Å²) in [4.78, 5) is 16.6. The molecule has 0 bridgehead atoms. The molecule has 7 heteroatoms. The number of aryl methyl sites for hydroxylation is 1. The monoisotopic (exact) mass is 394 g/mol. The van der Waals surface area contributed by atoms with Gasteiger partial charge in [-0.3, -0.25) is 4.79 Å². The molecule has 0 saturated heterocycles. The normalized spacial score (nSPS) is 12.3. The van der Waals surface area contributed by atoms with Gasteiger partial charge < -0.3 is 19.5 Å². The lowest BCUT2D eigenvalue weighted by Gasteiger charge is -2.05. The number of fused-ring (bicyclic) bond motifs is 1. The molecule has 0 aliphatic carbocycles. The van der Waals surface area contributed by atoms with Gasteiger partial charge in [-0.1, -0.05) is 12.1 Å². The third kappa shape index (κ3) is 4.50. The number of amides is 1. The molecule has 3 aromatic rings. The zero-order chi connectivity index (χ0) is 19.3. The minimum atomic E-state index is -0.233. The first-order chi connectivity index (χ1) is 13.7. The summed E-state index contributed by atoms with van der Waals surface area (Å²) in [5, 5.41) is 5.81. The molecule has 1 N–H and O–H groups in total. The van der Waals surface area contributed by atoms with Gasteiger partial charge in [0.05, 0.1) is 10.7 Å². The Hall–Kier alpha value is -3.32. The van der Waals surface area contributed by atoms with Gasteiger partial charge in [-0.25, -0.2) is 4.98 Å². The Morgan fingerprint density at radius 2 is 2.14 bits per heavy atom. The van der Waals surface area contributed by atoms with E-state index in [0.717, 1.165) is 22.0 Å². The lowest BCUT2D eigenvalue weighted by atomic mass is 10.2. The van der Waals surface area contributed by atoms with E-state index in [9.17, 15) is 4.79 Å². The number of rotatable bonds is 6. The second-order valence-corrected chi connectivity index (χ2v) is 7.17. The van der Waals surface area contributed by atoms with Crippen LogP contribution in [0, 0.1) is 6.92 Å². The highest BCUT2D eigenvalue weighted by atomic mass is 32.1. The molecule has 0 atom stereocenters. The zero-order valence-corrected chi connectivity index (χ0v) is 16.0. The van der Waals surface area contributed by atoms with Crippen molar-refractivity contribution < 1.29 is 19.0 Å². The largest absolute Gasteiger partial charge is 0.487 e. The van der Waals surface area contributed by atoms with Crippen molar-refractivity contribution in [2.24, 2.45) is 0 Å². The van der Waals surface area contributed by atoms with Crippen LogP contribution in [0.4, 0.5) is 5.69 Å². The summed E-state index contributed by atoms with van der Waals surface area (Å²) in [5.74, 6) is 1.80. The Kier molecular flexibility index (Phi) is 5.25. The summed E-state index contributed by atoms with van der Waals surface area (Å²) in [5.41, 5.74) is 2.42. The molecule has 1 aliphatic heterocycles. The van der Waals surface area contributed by atoms with E-state index in [1.54, 1.807) is 35.6 Å². The maximum atomic E-state index is 12.2. The van der Waals surface area contributed by atoms with Crippen molar-refractivity contribution >= 4 is 29.0 Å². The van der Waals surface area contributed by atoms with Crippen molar-refractivity contribution in [2.45, 2.75) is 13.5 Å². The molecule has 4 rings (SSSR count). The number of benzene rings is 2. The van der Waals surface area contributed by atoms with Crippen LogP contribution in [0.2, 0.25) is 0 Å². The molecule has 0 radical (unpaired) electrons. The van der Waals surface area contributed by atoms with E-state index in [-0.39, 0.29) is 12.7 Å². The number of ether oxygens (including phenoxy) is 3. The molecule has 1 amide bonds. The van der Waals surface area contributed by atoms with E-state index in [2.05, 4.69) is 10.3 Å². The van der Waals surface area contributed by atoms with Crippen LogP contribution in [-0.2, 0) is 11.4 Å². The first-order valence-corrected chi connectivity index (χ1v) is 9.56. The number of hydrogen-bond acceptors (Lipinski definition) is 6. The number of carbonyl (C=O) groups excluding carboxylic acids is 1. The third-order valence-electron chi connectivity index (χ3n) is 3.98. The number of hydrogen-bond donors (Lipinski definition) is 1. The fraction of sp³-hybridized carbons (Fsp3) is 0.143. The Bertz CT molecular complexity index is 1030. The van der Waals surface area contributed by atoms with Gasteiger partial charge in [0.25, 0.3) is 0 Å². The molecular weight excluding hydrogens is 376 g/mol. The van der Waals surface area contributed by atoms with E-state index in [1.807, 2.05) is 36.6 Å². The summed E-state index contributed by atoms with van der Waals surface area (Å²) >= 11 is 1.60. The predicted octanol–water partition coefficient (Wildman–Crippen LogP) is 4.41.